The zero-order valence-electron chi connectivity index (χ0n) is 14.2. The molecule has 3 nitrogen and oxygen atoms in total. The maximum Gasteiger partial charge on any atom is 0.160 e. The first kappa shape index (κ1) is 19.1. The summed E-state index contributed by atoms with van der Waals surface area (Å²) in [7, 11) is 5.55. The first-order valence-electron chi connectivity index (χ1n) is 7.82. The highest BCUT2D eigenvalue weighted by atomic mass is 79.9. The van der Waals surface area contributed by atoms with Gasteiger partial charge in [0, 0.05) is 17.1 Å². The van der Waals surface area contributed by atoms with Crippen molar-refractivity contribution >= 4 is 28.3 Å². The SMILES string of the molecule is COc1ccc(CC2c3cccc(Br)c3CCN2C)cc1OC.Cl. The van der Waals surface area contributed by atoms with Crippen LogP contribution in [-0.4, -0.2) is 32.7 Å². The molecule has 1 aliphatic heterocycles. The summed E-state index contributed by atoms with van der Waals surface area (Å²) >= 11 is 3.70. The van der Waals surface area contributed by atoms with Crippen molar-refractivity contribution in [1.29, 1.82) is 0 Å². The number of nitrogens with zero attached hydrogens (tertiary/aromatic N) is 1. The van der Waals surface area contributed by atoms with Gasteiger partial charge in [0.1, 0.15) is 0 Å². The largest absolute Gasteiger partial charge is 0.493 e. The van der Waals surface area contributed by atoms with Crippen molar-refractivity contribution in [3.63, 3.8) is 0 Å². The Morgan fingerprint density at radius 1 is 1.12 bits per heavy atom. The van der Waals surface area contributed by atoms with Crippen LogP contribution in [0, 0.1) is 0 Å². The average Bonchev–Trinajstić information content (AvgIpc) is 2.57. The summed E-state index contributed by atoms with van der Waals surface area (Å²) in [4.78, 5) is 2.44. The number of likely N-dealkylation sites (N-methyl/N-ethyl adjacent to an activating group) is 1. The van der Waals surface area contributed by atoms with Crippen LogP contribution in [0.5, 0.6) is 11.5 Å². The Labute approximate surface area is 158 Å². The summed E-state index contributed by atoms with van der Waals surface area (Å²) in [5.41, 5.74) is 4.12. The Morgan fingerprint density at radius 2 is 1.88 bits per heavy atom. The standard InChI is InChI=1S/C19H22BrNO2.ClH/c1-21-10-9-14-15(5-4-6-16(14)20)17(21)11-13-7-8-18(22-2)19(12-13)23-3;/h4-8,12,17H,9-11H2,1-3H3;1H. The van der Waals surface area contributed by atoms with Crippen molar-refractivity contribution in [1.82, 2.24) is 4.90 Å². The van der Waals surface area contributed by atoms with Crippen LogP contribution in [-0.2, 0) is 12.8 Å². The highest BCUT2D eigenvalue weighted by molar-refractivity contribution is 9.10. The second-order valence-electron chi connectivity index (χ2n) is 5.95. The number of halogens is 2. The van der Waals surface area contributed by atoms with Crippen molar-refractivity contribution in [3.8, 4) is 11.5 Å². The molecule has 2 aromatic rings. The average molecular weight is 413 g/mol. The van der Waals surface area contributed by atoms with Crippen LogP contribution in [0.2, 0.25) is 0 Å². The number of hydrogen-bond donors (Lipinski definition) is 0. The van der Waals surface area contributed by atoms with Crippen molar-refractivity contribution in [2.45, 2.75) is 18.9 Å². The molecule has 0 fully saturated rings. The molecular weight excluding hydrogens is 390 g/mol. The third-order valence-electron chi connectivity index (χ3n) is 4.64. The van der Waals surface area contributed by atoms with E-state index >= 15 is 0 Å². The fourth-order valence-corrected chi connectivity index (χ4v) is 3.91. The van der Waals surface area contributed by atoms with E-state index in [4.69, 9.17) is 9.47 Å². The van der Waals surface area contributed by atoms with Gasteiger partial charge >= 0.3 is 0 Å². The molecule has 1 atom stereocenters. The summed E-state index contributed by atoms with van der Waals surface area (Å²) in [6.07, 6.45) is 2.05. The molecule has 0 saturated carbocycles. The van der Waals surface area contributed by atoms with Gasteiger partial charge in [-0.1, -0.05) is 34.1 Å². The third kappa shape index (κ3) is 3.71. The van der Waals surface area contributed by atoms with E-state index in [9.17, 15) is 0 Å². The minimum Gasteiger partial charge on any atom is -0.493 e. The molecule has 3 rings (SSSR count). The maximum absolute atomic E-state index is 5.44. The molecule has 24 heavy (non-hydrogen) atoms. The lowest BCUT2D eigenvalue weighted by molar-refractivity contribution is 0.229. The molecule has 0 radical (unpaired) electrons. The maximum atomic E-state index is 5.44. The molecule has 0 amide bonds. The molecule has 0 bridgehead atoms. The molecule has 0 saturated heterocycles. The highest BCUT2D eigenvalue weighted by Gasteiger charge is 2.26. The molecule has 2 aromatic carbocycles. The molecule has 5 heteroatoms. The van der Waals surface area contributed by atoms with Crippen LogP contribution in [0.1, 0.15) is 22.7 Å². The number of ether oxygens (including phenoxy) is 2. The lowest BCUT2D eigenvalue weighted by atomic mass is 9.89. The summed E-state index contributed by atoms with van der Waals surface area (Å²) in [6, 6.07) is 13.1. The quantitative estimate of drug-likeness (QED) is 0.729. The summed E-state index contributed by atoms with van der Waals surface area (Å²) in [6.45, 7) is 1.08. The van der Waals surface area contributed by atoms with Crippen LogP contribution in [0.3, 0.4) is 0 Å². The normalized spacial score (nSPS) is 16.9. The fraction of sp³-hybridized carbons (Fsp3) is 0.368. The Hall–Kier alpha value is -1.23. The van der Waals surface area contributed by atoms with Gasteiger partial charge in [0.05, 0.1) is 14.2 Å². The third-order valence-corrected chi connectivity index (χ3v) is 5.38. The molecule has 1 aliphatic rings. The number of fused-ring (bicyclic) bond motifs is 1. The van der Waals surface area contributed by atoms with Gasteiger partial charge in [0.15, 0.2) is 11.5 Å². The van der Waals surface area contributed by atoms with Crippen LogP contribution in [0.4, 0.5) is 0 Å². The van der Waals surface area contributed by atoms with E-state index in [2.05, 4.69) is 58.2 Å². The smallest absolute Gasteiger partial charge is 0.160 e. The van der Waals surface area contributed by atoms with Crippen LogP contribution >= 0.6 is 28.3 Å². The summed E-state index contributed by atoms with van der Waals surface area (Å²) in [5.74, 6) is 1.56. The van der Waals surface area contributed by atoms with Crippen molar-refractivity contribution < 1.29 is 9.47 Å². The molecule has 0 aromatic heterocycles. The lowest BCUT2D eigenvalue weighted by Gasteiger charge is -2.35. The van der Waals surface area contributed by atoms with E-state index in [0.717, 1.165) is 30.9 Å². The van der Waals surface area contributed by atoms with Gasteiger partial charge in [-0.15, -0.1) is 12.4 Å². The first-order chi connectivity index (χ1) is 11.1. The van der Waals surface area contributed by atoms with Gasteiger partial charge in [0.25, 0.3) is 0 Å². The predicted octanol–water partition coefficient (Wildman–Crippen LogP) is 4.66. The van der Waals surface area contributed by atoms with Crippen LogP contribution < -0.4 is 9.47 Å². The Kier molecular flexibility index (Phi) is 6.55. The van der Waals surface area contributed by atoms with E-state index in [1.54, 1.807) is 14.2 Å². The lowest BCUT2D eigenvalue weighted by Crippen LogP contribution is -2.33. The zero-order chi connectivity index (χ0) is 16.4. The minimum absolute atomic E-state index is 0. The van der Waals surface area contributed by atoms with Gasteiger partial charge in [-0.05, 0) is 54.8 Å². The first-order valence-corrected chi connectivity index (χ1v) is 8.61. The Balaban J connectivity index is 0.00000208. The highest BCUT2D eigenvalue weighted by Crippen LogP contribution is 2.36. The van der Waals surface area contributed by atoms with Crippen LogP contribution in [0.25, 0.3) is 0 Å². The summed E-state index contributed by atoms with van der Waals surface area (Å²) in [5, 5.41) is 0. The second-order valence-corrected chi connectivity index (χ2v) is 6.80. The zero-order valence-corrected chi connectivity index (χ0v) is 16.6. The van der Waals surface area contributed by atoms with Gasteiger partial charge in [-0.25, -0.2) is 0 Å². The van der Waals surface area contributed by atoms with E-state index in [1.165, 1.54) is 21.2 Å². The number of benzene rings is 2. The van der Waals surface area contributed by atoms with E-state index in [0.29, 0.717) is 6.04 Å². The van der Waals surface area contributed by atoms with Crippen molar-refractivity contribution in [2.75, 3.05) is 27.8 Å². The number of rotatable bonds is 4. The van der Waals surface area contributed by atoms with E-state index in [-0.39, 0.29) is 12.4 Å². The van der Waals surface area contributed by atoms with E-state index < -0.39 is 0 Å². The van der Waals surface area contributed by atoms with Crippen molar-refractivity contribution in [3.05, 3.63) is 57.6 Å². The molecule has 0 N–H and O–H groups in total. The summed E-state index contributed by atoms with van der Waals surface area (Å²) < 4.78 is 12.0. The van der Waals surface area contributed by atoms with Gasteiger partial charge in [-0.3, -0.25) is 4.90 Å². The van der Waals surface area contributed by atoms with Gasteiger partial charge in [-0.2, -0.15) is 0 Å². The Morgan fingerprint density at radius 3 is 2.58 bits per heavy atom. The topological polar surface area (TPSA) is 21.7 Å². The molecule has 130 valence electrons. The monoisotopic (exact) mass is 411 g/mol. The predicted molar refractivity (Wildman–Crippen MR) is 104 cm³/mol. The number of hydrogen-bond acceptors (Lipinski definition) is 3. The van der Waals surface area contributed by atoms with E-state index in [1.807, 2.05) is 6.07 Å². The fourth-order valence-electron chi connectivity index (χ4n) is 3.33. The van der Waals surface area contributed by atoms with Crippen molar-refractivity contribution in [2.24, 2.45) is 0 Å². The number of methoxy groups -OCH3 is 2. The van der Waals surface area contributed by atoms with Gasteiger partial charge in [0.2, 0.25) is 0 Å². The van der Waals surface area contributed by atoms with Gasteiger partial charge < -0.3 is 9.47 Å². The second kappa shape index (κ2) is 8.24. The molecule has 1 heterocycles. The minimum atomic E-state index is 0. The molecule has 0 spiro atoms. The Bertz CT molecular complexity index is 708. The molecular formula is C19H23BrClNO2. The molecule has 0 aliphatic carbocycles. The molecule has 1 unspecified atom stereocenters. The van der Waals surface area contributed by atoms with Crippen LogP contribution in [0.15, 0.2) is 40.9 Å².